The van der Waals surface area contributed by atoms with Crippen LogP contribution < -0.4 is 5.73 Å². The third-order valence-corrected chi connectivity index (χ3v) is 2.90. The highest BCUT2D eigenvalue weighted by molar-refractivity contribution is 5.74. The molecule has 16 heavy (non-hydrogen) atoms. The summed E-state index contributed by atoms with van der Waals surface area (Å²) in [7, 11) is 0. The Labute approximate surface area is 95.6 Å². The van der Waals surface area contributed by atoms with Gasteiger partial charge >= 0.3 is 0 Å². The van der Waals surface area contributed by atoms with Gasteiger partial charge in [0.1, 0.15) is 6.29 Å². The van der Waals surface area contributed by atoms with E-state index in [1.54, 1.807) is 0 Å². The molecule has 0 atom stereocenters. The summed E-state index contributed by atoms with van der Waals surface area (Å²) in [6, 6.07) is 10.3. The van der Waals surface area contributed by atoms with Gasteiger partial charge < -0.3 is 5.73 Å². The maximum absolute atomic E-state index is 10.7. The van der Waals surface area contributed by atoms with Crippen LogP contribution in [0.1, 0.15) is 12.0 Å². The molecule has 0 spiro atoms. The number of aldehydes is 1. The van der Waals surface area contributed by atoms with E-state index in [2.05, 4.69) is 17.0 Å². The van der Waals surface area contributed by atoms with Crippen molar-refractivity contribution < 1.29 is 4.79 Å². The summed E-state index contributed by atoms with van der Waals surface area (Å²) in [5, 5.41) is 0. The van der Waals surface area contributed by atoms with Crippen LogP contribution in [0.5, 0.6) is 0 Å². The van der Waals surface area contributed by atoms with Crippen molar-refractivity contribution in [3.63, 3.8) is 0 Å². The summed E-state index contributed by atoms with van der Waals surface area (Å²) in [5.41, 5.74) is 8.61. The standard InChI is InChI=1S/C13H16N2O/c14-13-9-15(7-6-12(13)10-16)8-11-4-2-1-3-5-11/h1-5,10H,6-9,14H2. The molecule has 3 nitrogen and oxygen atoms in total. The second-order valence-corrected chi connectivity index (χ2v) is 4.11. The highest BCUT2D eigenvalue weighted by Gasteiger charge is 2.16. The van der Waals surface area contributed by atoms with Crippen LogP contribution in [0.25, 0.3) is 0 Å². The molecule has 2 N–H and O–H groups in total. The van der Waals surface area contributed by atoms with E-state index in [0.29, 0.717) is 6.54 Å². The molecule has 84 valence electrons. The third kappa shape index (κ3) is 2.49. The molecule has 0 fully saturated rings. The van der Waals surface area contributed by atoms with Gasteiger partial charge in [0, 0.05) is 30.9 Å². The zero-order valence-corrected chi connectivity index (χ0v) is 9.23. The molecular weight excluding hydrogens is 200 g/mol. The quantitative estimate of drug-likeness (QED) is 0.775. The summed E-state index contributed by atoms with van der Waals surface area (Å²) in [4.78, 5) is 12.9. The lowest BCUT2D eigenvalue weighted by Gasteiger charge is -2.27. The summed E-state index contributed by atoms with van der Waals surface area (Å²) in [6.45, 7) is 2.50. The van der Waals surface area contributed by atoms with Gasteiger partial charge in [-0.1, -0.05) is 30.3 Å². The van der Waals surface area contributed by atoms with Gasteiger partial charge in [-0.15, -0.1) is 0 Å². The molecule has 0 aliphatic carbocycles. The fourth-order valence-corrected chi connectivity index (χ4v) is 1.97. The number of carbonyl (C=O) groups excluding carboxylic acids is 1. The maximum Gasteiger partial charge on any atom is 0.147 e. The lowest BCUT2D eigenvalue weighted by molar-refractivity contribution is -0.105. The predicted molar refractivity (Wildman–Crippen MR) is 63.6 cm³/mol. The Morgan fingerprint density at radius 3 is 2.69 bits per heavy atom. The lowest BCUT2D eigenvalue weighted by Crippen LogP contribution is -2.34. The monoisotopic (exact) mass is 216 g/mol. The van der Waals surface area contributed by atoms with Gasteiger partial charge in [-0.3, -0.25) is 9.69 Å². The second-order valence-electron chi connectivity index (χ2n) is 4.11. The van der Waals surface area contributed by atoms with Crippen molar-refractivity contribution in [3.8, 4) is 0 Å². The third-order valence-electron chi connectivity index (χ3n) is 2.90. The van der Waals surface area contributed by atoms with Crippen LogP contribution in [-0.2, 0) is 11.3 Å². The van der Waals surface area contributed by atoms with E-state index >= 15 is 0 Å². The Kier molecular flexibility index (Phi) is 3.37. The van der Waals surface area contributed by atoms with Crippen molar-refractivity contribution >= 4 is 6.29 Å². The first-order valence-electron chi connectivity index (χ1n) is 5.48. The average Bonchev–Trinajstić information content (AvgIpc) is 2.31. The van der Waals surface area contributed by atoms with Crippen LogP contribution in [0.15, 0.2) is 41.6 Å². The topological polar surface area (TPSA) is 46.3 Å². The first-order valence-corrected chi connectivity index (χ1v) is 5.48. The molecule has 0 saturated carbocycles. The molecule has 0 saturated heterocycles. The van der Waals surface area contributed by atoms with Crippen molar-refractivity contribution in [1.82, 2.24) is 4.90 Å². The Morgan fingerprint density at radius 1 is 1.31 bits per heavy atom. The number of nitrogens with two attached hydrogens (primary N) is 1. The maximum atomic E-state index is 10.7. The summed E-state index contributed by atoms with van der Waals surface area (Å²) in [5.74, 6) is 0. The van der Waals surface area contributed by atoms with Gasteiger partial charge in [-0.25, -0.2) is 0 Å². The molecule has 3 heteroatoms. The van der Waals surface area contributed by atoms with Crippen LogP contribution in [0.2, 0.25) is 0 Å². The van der Waals surface area contributed by atoms with Crippen molar-refractivity contribution in [2.75, 3.05) is 13.1 Å². The summed E-state index contributed by atoms with van der Waals surface area (Å²) >= 11 is 0. The number of rotatable bonds is 3. The van der Waals surface area contributed by atoms with E-state index in [9.17, 15) is 4.79 Å². The molecule has 0 amide bonds. The van der Waals surface area contributed by atoms with E-state index in [0.717, 1.165) is 37.1 Å². The highest BCUT2D eigenvalue weighted by atomic mass is 16.1. The molecular formula is C13H16N2O. The minimum absolute atomic E-state index is 0.697. The van der Waals surface area contributed by atoms with Crippen LogP contribution in [-0.4, -0.2) is 24.3 Å². The van der Waals surface area contributed by atoms with Gasteiger partial charge in [-0.2, -0.15) is 0 Å². The molecule has 1 aliphatic heterocycles. The molecule has 1 aliphatic rings. The predicted octanol–water partition coefficient (Wildman–Crippen LogP) is 1.30. The van der Waals surface area contributed by atoms with E-state index in [1.165, 1.54) is 5.56 Å². The van der Waals surface area contributed by atoms with Gasteiger partial charge in [0.25, 0.3) is 0 Å². The number of nitrogens with zero attached hydrogens (tertiary/aromatic N) is 1. The molecule has 1 heterocycles. The smallest absolute Gasteiger partial charge is 0.147 e. The molecule has 0 radical (unpaired) electrons. The lowest BCUT2D eigenvalue weighted by atomic mass is 10.1. The Balaban J connectivity index is 2.00. The van der Waals surface area contributed by atoms with E-state index in [-0.39, 0.29) is 0 Å². The summed E-state index contributed by atoms with van der Waals surface area (Å²) in [6.07, 6.45) is 1.65. The molecule has 0 unspecified atom stereocenters. The fraction of sp³-hybridized carbons (Fsp3) is 0.308. The van der Waals surface area contributed by atoms with Crippen LogP contribution in [0.4, 0.5) is 0 Å². The Bertz CT molecular complexity index is 398. The first kappa shape index (κ1) is 10.9. The van der Waals surface area contributed by atoms with Crippen molar-refractivity contribution in [1.29, 1.82) is 0 Å². The van der Waals surface area contributed by atoms with E-state index in [4.69, 9.17) is 5.73 Å². The zero-order valence-electron chi connectivity index (χ0n) is 9.23. The van der Waals surface area contributed by atoms with Crippen LogP contribution in [0, 0.1) is 0 Å². The normalized spacial score (nSPS) is 17.5. The van der Waals surface area contributed by atoms with Gasteiger partial charge in [0.15, 0.2) is 0 Å². The molecule has 2 rings (SSSR count). The molecule has 0 bridgehead atoms. The number of carbonyl (C=O) groups is 1. The van der Waals surface area contributed by atoms with Gasteiger partial charge in [0.05, 0.1) is 0 Å². The number of benzene rings is 1. The Morgan fingerprint density at radius 2 is 2.06 bits per heavy atom. The van der Waals surface area contributed by atoms with Gasteiger partial charge in [0.2, 0.25) is 0 Å². The van der Waals surface area contributed by atoms with Crippen LogP contribution in [0.3, 0.4) is 0 Å². The minimum Gasteiger partial charge on any atom is -0.401 e. The molecule has 1 aromatic rings. The SMILES string of the molecule is NC1=C(C=O)CCN(Cc2ccccc2)C1. The zero-order chi connectivity index (χ0) is 11.4. The average molecular weight is 216 g/mol. The molecule has 0 aromatic heterocycles. The number of hydrogen-bond acceptors (Lipinski definition) is 3. The van der Waals surface area contributed by atoms with Crippen LogP contribution >= 0.6 is 0 Å². The summed E-state index contributed by atoms with van der Waals surface area (Å²) < 4.78 is 0. The first-order chi connectivity index (χ1) is 7.79. The largest absolute Gasteiger partial charge is 0.401 e. The van der Waals surface area contributed by atoms with Crippen molar-refractivity contribution in [2.45, 2.75) is 13.0 Å². The molecule has 1 aromatic carbocycles. The second kappa shape index (κ2) is 4.94. The highest BCUT2D eigenvalue weighted by Crippen LogP contribution is 2.15. The van der Waals surface area contributed by atoms with Crippen molar-refractivity contribution in [3.05, 3.63) is 47.2 Å². The fourth-order valence-electron chi connectivity index (χ4n) is 1.97. The van der Waals surface area contributed by atoms with Gasteiger partial charge in [-0.05, 0) is 12.0 Å². The minimum atomic E-state index is 0.697. The number of hydrogen-bond donors (Lipinski definition) is 1. The van der Waals surface area contributed by atoms with E-state index < -0.39 is 0 Å². The van der Waals surface area contributed by atoms with Crippen molar-refractivity contribution in [2.24, 2.45) is 5.73 Å². The Hall–Kier alpha value is -1.61. The van der Waals surface area contributed by atoms with E-state index in [1.807, 2.05) is 18.2 Å².